The molecule has 0 aromatic rings. The minimum atomic E-state index is -0.425. The quantitative estimate of drug-likeness (QED) is 0.0313. The molecule has 1 aliphatic heterocycles. The van der Waals surface area contributed by atoms with Crippen molar-refractivity contribution in [2.24, 2.45) is 23.7 Å². The van der Waals surface area contributed by atoms with Gasteiger partial charge in [0.2, 0.25) is 0 Å². The second-order valence-electron chi connectivity index (χ2n) is 25.2. The maximum atomic E-state index is 13.0. The Labute approximate surface area is 591 Å². The normalized spacial score (nSPS) is 14.0. The summed E-state index contributed by atoms with van der Waals surface area (Å²) in [6.07, 6.45) is 26.1. The van der Waals surface area contributed by atoms with Gasteiger partial charge in [0.05, 0.1) is 49.4 Å². The minimum Gasteiger partial charge on any atom is -0.462 e. The number of hydrogen-bond acceptors (Lipinski definition) is 24. The Morgan fingerprint density at radius 2 is 0.568 bits per heavy atom. The molecule has 0 amide bonds. The van der Waals surface area contributed by atoms with Crippen LogP contribution in [0.25, 0.3) is 0 Å². The van der Waals surface area contributed by atoms with Crippen molar-refractivity contribution >= 4 is 94.8 Å². The summed E-state index contributed by atoms with van der Waals surface area (Å²) < 4.78 is 43.3. The first-order chi connectivity index (χ1) is 46.0. The fourth-order valence-electron chi connectivity index (χ4n) is 10.2. The third-order valence-corrected chi connectivity index (χ3v) is 21.1. The predicted molar refractivity (Wildman–Crippen MR) is 388 cm³/mol. The smallest absolute Gasteiger partial charge is 0.309 e. The molecule has 4 atom stereocenters. The van der Waals surface area contributed by atoms with Gasteiger partial charge in [-0.3, -0.25) is 38.4 Å². The molecule has 1 heterocycles. The summed E-state index contributed by atoms with van der Waals surface area (Å²) in [6, 6.07) is 0. The van der Waals surface area contributed by atoms with Crippen LogP contribution in [0, 0.1) is 23.7 Å². The Kier molecular flexibility index (Phi) is 59.9. The molecular formula is C71H130N4O16S4. The zero-order valence-electron chi connectivity index (χ0n) is 60.3. The van der Waals surface area contributed by atoms with Crippen molar-refractivity contribution in [1.82, 2.24) is 19.6 Å². The van der Waals surface area contributed by atoms with Crippen molar-refractivity contribution in [2.75, 3.05) is 178 Å². The van der Waals surface area contributed by atoms with Crippen LogP contribution in [0.15, 0.2) is 0 Å². The van der Waals surface area contributed by atoms with Gasteiger partial charge >= 0.3 is 47.8 Å². The van der Waals surface area contributed by atoms with Crippen molar-refractivity contribution in [3.63, 3.8) is 0 Å². The Morgan fingerprint density at radius 3 is 0.832 bits per heavy atom. The van der Waals surface area contributed by atoms with E-state index in [0.717, 1.165) is 88.6 Å². The van der Waals surface area contributed by atoms with Crippen LogP contribution in [-0.2, 0) is 76.3 Å². The van der Waals surface area contributed by atoms with Gasteiger partial charge in [0.25, 0.3) is 0 Å². The lowest BCUT2D eigenvalue weighted by atomic mass is 10.1. The lowest BCUT2D eigenvalue weighted by Gasteiger charge is -2.35. The van der Waals surface area contributed by atoms with E-state index in [9.17, 15) is 38.4 Å². The van der Waals surface area contributed by atoms with Crippen molar-refractivity contribution in [2.45, 2.75) is 203 Å². The molecule has 1 aliphatic rings. The average Bonchev–Trinajstić information content (AvgIpc) is 1.63. The monoisotopic (exact) mass is 1420 g/mol. The van der Waals surface area contributed by atoms with Crippen LogP contribution in [0.1, 0.15) is 203 Å². The molecule has 1 rings (SSSR count). The van der Waals surface area contributed by atoms with E-state index in [4.69, 9.17) is 37.9 Å². The van der Waals surface area contributed by atoms with Crippen molar-refractivity contribution in [3.05, 3.63) is 0 Å². The maximum Gasteiger partial charge on any atom is 0.309 e. The van der Waals surface area contributed by atoms with E-state index in [0.29, 0.717) is 62.3 Å². The molecule has 4 unspecified atom stereocenters. The summed E-state index contributed by atoms with van der Waals surface area (Å²) in [5.74, 6) is 1.90. The number of hydrogen-bond donors (Lipinski definition) is 0. The summed E-state index contributed by atoms with van der Waals surface area (Å²) in [5, 5.41) is 0. The number of thioether (sulfide) groups is 4. The largest absolute Gasteiger partial charge is 0.462 e. The highest BCUT2D eigenvalue weighted by molar-refractivity contribution is 7.99. The first kappa shape index (κ1) is 90.0. The fourth-order valence-corrected chi connectivity index (χ4v) is 14.1. The molecule has 0 aromatic heterocycles. The van der Waals surface area contributed by atoms with E-state index >= 15 is 0 Å². The van der Waals surface area contributed by atoms with E-state index in [1.807, 2.05) is 27.0 Å². The van der Waals surface area contributed by atoms with Crippen molar-refractivity contribution in [3.8, 4) is 0 Å². The Hall–Kier alpha value is -3.00. The van der Waals surface area contributed by atoms with Gasteiger partial charge in [0.15, 0.2) is 0 Å². The second kappa shape index (κ2) is 63.2. The van der Waals surface area contributed by atoms with Crippen LogP contribution in [0.3, 0.4) is 0 Å². The second-order valence-corrected chi connectivity index (χ2v) is 29.6. The summed E-state index contributed by atoms with van der Waals surface area (Å²) in [4.78, 5) is 111. The molecule has 1 saturated heterocycles. The minimum absolute atomic E-state index is 0.00992. The van der Waals surface area contributed by atoms with E-state index in [2.05, 4.69) is 40.4 Å². The molecule has 95 heavy (non-hydrogen) atoms. The fraction of sp³-hybridized carbons (Fsp3) is 0.887. The highest BCUT2D eigenvalue weighted by Gasteiger charge is 2.22. The summed E-state index contributed by atoms with van der Waals surface area (Å²) in [5.41, 5.74) is 0. The highest BCUT2D eigenvalue weighted by Crippen LogP contribution is 2.18. The van der Waals surface area contributed by atoms with Crippen molar-refractivity contribution in [1.29, 1.82) is 0 Å². The number of ether oxygens (including phenoxy) is 8. The van der Waals surface area contributed by atoms with Gasteiger partial charge in [-0.2, -0.15) is 47.0 Å². The Balaban J connectivity index is 2.74. The maximum absolute atomic E-state index is 13.0. The average molecular weight is 1420 g/mol. The van der Waals surface area contributed by atoms with Gasteiger partial charge in [-0.25, -0.2) is 0 Å². The van der Waals surface area contributed by atoms with Crippen LogP contribution in [0.5, 0.6) is 0 Å². The van der Waals surface area contributed by atoms with Gasteiger partial charge in [-0.05, 0) is 81.8 Å². The third kappa shape index (κ3) is 53.6. The van der Waals surface area contributed by atoms with Crippen LogP contribution in [0.4, 0.5) is 0 Å². The van der Waals surface area contributed by atoms with Crippen molar-refractivity contribution < 1.29 is 76.3 Å². The van der Waals surface area contributed by atoms with Crippen LogP contribution < -0.4 is 0 Å². The van der Waals surface area contributed by atoms with Gasteiger partial charge in [-0.15, -0.1) is 0 Å². The summed E-state index contributed by atoms with van der Waals surface area (Å²) in [7, 11) is 0. The number of nitrogens with zero attached hydrogens (tertiary/aromatic N) is 4. The standard InChI is InChI=1S/C71H130N4O16S4/c1-9-12-15-18-21-24-53-93-57-61(5)69(81)89-50-46-85-65(77)30-38-72(37-29-64(76)84-45-49-88-68(80)60(4)56-92-8)33-27-35-74-41-43-75(44-42-74)36-28-34-73(39-31-66(78)86-47-51-90-70(82)62(6)58-94-54-25-22-19-16-13-10-2)40-32-67(79)87-48-52-91-71(83)63(7)59-95-55-26-23-20-17-14-11-3/h60-63H,9-59H2,1-8H3. The van der Waals surface area contributed by atoms with E-state index in [1.54, 1.807) is 54.0 Å². The van der Waals surface area contributed by atoms with E-state index in [-0.39, 0.29) is 126 Å². The molecule has 0 aliphatic carbocycles. The number of unbranched alkanes of at least 4 members (excludes halogenated alkanes) is 15. The number of carbonyl (C=O) groups is 8. The zero-order chi connectivity index (χ0) is 69.8. The summed E-state index contributed by atoms with van der Waals surface area (Å²) >= 11 is 6.87. The number of carbonyl (C=O) groups excluding carboxylic acids is 8. The Morgan fingerprint density at radius 1 is 0.326 bits per heavy atom. The lowest BCUT2D eigenvalue weighted by Crippen LogP contribution is -2.47. The van der Waals surface area contributed by atoms with Gasteiger partial charge in [-0.1, -0.05) is 145 Å². The van der Waals surface area contributed by atoms with Crippen LogP contribution in [0.2, 0.25) is 0 Å². The van der Waals surface area contributed by atoms with E-state index in [1.165, 1.54) is 96.3 Å². The number of esters is 8. The van der Waals surface area contributed by atoms with Gasteiger partial charge in [0, 0.05) is 75.4 Å². The molecule has 0 bridgehead atoms. The summed E-state index contributed by atoms with van der Waals surface area (Å²) in [6.45, 7) is 21.6. The highest BCUT2D eigenvalue weighted by atomic mass is 32.2. The molecule has 0 radical (unpaired) electrons. The topological polar surface area (TPSA) is 223 Å². The van der Waals surface area contributed by atoms with Gasteiger partial charge in [0.1, 0.15) is 52.9 Å². The molecule has 0 saturated carbocycles. The first-order valence-corrected chi connectivity index (χ1v) is 41.3. The van der Waals surface area contributed by atoms with Crippen LogP contribution >= 0.6 is 47.0 Å². The predicted octanol–water partition coefficient (Wildman–Crippen LogP) is 12.1. The lowest BCUT2D eigenvalue weighted by molar-refractivity contribution is -0.154. The molecular weight excluding hydrogens is 1290 g/mol. The SMILES string of the molecule is CCCCCCCCSCC(C)C(=O)OCCOC(=O)CCN(CCCN1CCN(CCCN(CCC(=O)OCCOC(=O)C(C)CSCCCCCCCC)CCC(=O)OCCOC(=O)C(C)CSCCCCCCCC)CC1)CCC(=O)OCCOC(=O)C(C)CSC. The number of rotatable bonds is 65. The molecule has 1 fully saturated rings. The molecule has 0 aromatic carbocycles. The number of piperazine rings is 1. The molecule has 0 spiro atoms. The molecule has 0 N–H and O–H groups in total. The Bertz CT molecular complexity index is 1920. The van der Waals surface area contributed by atoms with Gasteiger partial charge < -0.3 is 57.5 Å². The van der Waals surface area contributed by atoms with Crippen LogP contribution in [-0.4, -0.2) is 245 Å². The first-order valence-electron chi connectivity index (χ1n) is 36.4. The third-order valence-electron chi connectivity index (χ3n) is 16.3. The molecule has 24 heteroatoms. The van der Waals surface area contributed by atoms with E-state index < -0.39 is 23.9 Å². The molecule has 554 valence electrons. The molecule has 20 nitrogen and oxygen atoms in total. The zero-order valence-corrected chi connectivity index (χ0v) is 63.6.